The molecule has 70 valence electrons. The predicted molar refractivity (Wildman–Crippen MR) is 52.2 cm³/mol. The molecule has 0 amide bonds. The fraction of sp³-hybridized carbons (Fsp3) is 1.00. The van der Waals surface area contributed by atoms with E-state index in [-0.39, 0.29) is 0 Å². The monoisotopic (exact) mass is 167 g/mol. The van der Waals surface area contributed by atoms with Crippen LogP contribution in [0.4, 0.5) is 0 Å². The van der Waals surface area contributed by atoms with Gasteiger partial charge in [-0.3, -0.25) is 4.90 Å². The summed E-state index contributed by atoms with van der Waals surface area (Å²) in [7, 11) is 0. The molecule has 0 aliphatic heterocycles. The highest BCUT2D eigenvalue weighted by Gasteiger charge is 2.57. The molecule has 2 atom stereocenters. The lowest BCUT2D eigenvalue weighted by Crippen LogP contribution is -2.40. The molecule has 2 aliphatic carbocycles. The minimum absolute atomic E-state index is 0.696. The third-order valence-electron chi connectivity index (χ3n) is 4.01. The molecule has 0 saturated heterocycles. The fourth-order valence-electron chi connectivity index (χ4n) is 3.27. The molecule has 2 aliphatic rings. The zero-order valence-electron chi connectivity index (χ0n) is 8.47. The van der Waals surface area contributed by atoms with E-state index in [2.05, 4.69) is 18.7 Å². The Kier molecular flexibility index (Phi) is 2.16. The zero-order chi connectivity index (χ0) is 8.60. The quantitative estimate of drug-likeness (QED) is 0.624. The van der Waals surface area contributed by atoms with E-state index in [9.17, 15) is 0 Å². The number of hydrogen-bond donors (Lipinski definition) is 0. The van der Waals surface area contributed by atoms with Crippen LogP contribution in [0.25, 0.3) is 0 Å². The fourth-order valence-corrected chi connectivity index (χ4v) is 3.27. The van der Waals surface area contributed by atoms with Crippen molar-refractivity contribution in [1.82, 2.24) is 4.90 Å². The first-order valence-corrected chi connectivity index (χ1v) is 5.58. The van der Waals surface area contributed by atoms with E-state index < -0.39 is 0 Å². The molecule has 0 heterocycles. The molecule has 2 saturated carbocycles. The molecule has 0 aromatic rings. The molecule has 2 rings (SSSR count). The van der Waals surface area contributed by atoms with E-state index in [0.29, 0.717) is 5.54 Å². The van der Waals surface area contributed by atoms with Crippen molar-refractivity contribution >= 4 is 0 Å². The lowest BCUT2D eigenvalue weighted by atomic mass is 9.94. The summed E-state index contributed by atoms with van der Waals surface area (Å²) >= 11 is 0. The molecular weight excluding hydrogens is 146 g/mol. The smallest absolute Gasteiger partial charge is 0.0241 e. The lowest BCUT2D eigenvalue weighted by Gasteiger charge is -2.33. The Labute approximate surface area is 76.1 Å². The molecule has 1 unspecified atom stereocenters. The van der Waals surface area contributed by atoms with Gasteiger partial charge in [0.2, 0.25) is 0 Å². The van der Waals surface area contributed by atoms with Crippen molar-refractivity contribution in [2.75, 3.05) is 13.1 Å². The first-order valence-electron chi connectivity index (χ1n) is 5.58. The third-order valence-corrected chi connectivity index (χ3v) is 4.01. The van der Waals surface area contributed by atoms with Crippen molar-refractivity contribution in [3.05, 3.63) is 0 Å². The van der Waals surface area contributed by atoms with Crippen LogP contribution in [0.2, 0.25) is 0 Å². The summed E-state index contributed by atoms with van der Waals surface area (Å²) in [5, 5.41) is 0. The Balaban J connectivity index is 2.01. The van der Waals surface area contributed by atoms with Crippen molar-refractivity contribution in [2.24, 2.45) is 5.92 Å². The Morgan fingerprint density at radius 2 is 2.00 bits per heavy atom. The molecule has 1 heteroatoms. The van der Waals surface area contributed by atoms with Gasteiger partial charge in [-0.1, -0.05) is 26.7 Å². The van der Waals surface area contributed by atoms with E-state index >= 15 is 0 Å². The zero-order valence-corrected chi connectivity index (χ0v) is 8.47. The van der Waals surface area contributed by atoms with E-state index in [1.54, 1.807) is 0 Å². The summed E-state index contributed by atoms with van der Waals surface area (Å²) in [6, 6.07) is 0. The van der Waals surface area contributed by atoms with Gasteiger partial charge in [0.05, 0.1) is 0 Å². The highest BCUT2D eigenvalue weighted by molar-refractivity contribution is 5.12. The van der Waals surface area contributed by atoms with Gasteiger partial charge < -0.3 is 0 Å². The van der Waals surface area contributed by atoms with E-state index in [0.717, 1.165) is 5.92 Å². The van der Waals surface area contributed by atoms with Crippen LogP contribution in [0.3, 0.4) is 0 Å². The van der Waals surface area contributed by atoms with Crippen molar-refractivity contribution in [3.63, 3.8) is 0 Å². The molecule has 0 aromatic heterocycles. The van der Waals surface area contributed by atoms with Crippen LogP contribution in [-0.4, -0.2) is 23.5 Å². The molecule has 0 aromatic carbocycles. The Morgan fingerprint density at radius 3 is 2.58 bits per heavy atom. The normalized spacial score (nSPS) is 39.8. The molecule has 0 bridgehead atoms. The molecular formula is C11H21N. The van der Waals surface area contributed by atoms with Gasteiger partial charge in [0.15, 0.2) is 0 Å². The summed E-state index contributed by atoms with van der Waals surface area (Å²) in [6.07, 6.45) is 7.48. The first kappa shape index (κ1) is 8.55. The second-order valence-corrected chi connectivity index (χ2v) is 4.42. The molecule has 0 radical (unpaired) electrons. The van der Waals surface area contributed by atoms with Gasteiger partial charge in [0, 0.05) is 5.54 Å². The summed E-state index contributed by atoms with van der Waals surface area (Å²) in [5.74, 6) is 1.08. The second-order valence-electron chi connectivity index (χ2n) is 4.42. The van der Waals surface area contributed by atoms with Crippen molar-refractivity contribution in [3.8, 4) is 0 Å². The Morgan fingerprint density at radius 1 is 1.25 bits per heavy atom. The molecule has 0 N–H and O–H groups in total. The van der Waals surface area contributed by atoms with E-state index in [1.807, 2.05) is 0 Å². The van der Waals surface area contributed by atoms with Gasteiger partial charge in [0.1, 0.15) is 0 Å². The highest BCUT2D eigenvalue weighted by Crippen LogP contribution is 2.57. The van der Waals surface area contributed by atoms with Gasteiger partial charge in [-0.25, -0.2) is 0 Å². The highest BCUT2D eigenvalue weighted by atomic mass is 15.2. The Bertz CT molecular complexity index is 162. The number of rotatable bonds is 3. The topological polar surface area (TPSA) is 3.24 Å². The number of nitrogens with zero attached hydrogens (tertiary/aromatic N) is 1. The SMILES string of the molecule is CCN(CC)[C@@]12CCCCC1C2. The van der Waals surface area contributed by atoms with Gasteiger partial charge >= 0.3 is 0 Å². The minimum atomic E-state index is 0.696. The number of hydrogen-bond acceptors (Lipinski definition) is 1. The average molecular weight is 167 g/mol. The van der Waals surface area contributed by atoms with Crippen LogP contribution in [0.15, 0.2) is 0 Å². The standard InChI is InChI=1S/C11H21N/c1-3-12(4-2)11-8-6-5-7-10(11)9-11/h10H,3-9H2,1-2H3/t10?,11-/m1/s1. The van der Waals surface area contributed by atoms with Crippen LogP contribution in [0.5, 0.6) is 0 Å². The van der Waals surface area contributed by atoms with Crippen molar-refractivity contribution in [2.45, 2.75) is 51.5 Å². The van der Waals surface area contributed by atoms with Crippen LogP contribution < -0.4 is 0 Å². The summed E-state index contributed by atoms with van der Waals surface area (Å²) < 4.78 is 0. The molecule has 12 heavy (non-hydrogen) atoms. The largest absolute Gasteiger partial charge is 0.298 e. The van der Waals surface area contributed by atoms with E-state index in [1.165, 1.54) is 45.2 Å². The van der Waals surface area contributed by atoms with Crippen LogP contribution in [0, 0.1) is 5.92 Å². The average Bonchev–Trinajstić information content (AvgIpc) is 2.81. The molecule has 2 fully saturated rings. The predicted octanol–water partition coefficient (Wildman–Crippen LogP) is 2.66. The van der Waals surface area contributed by atoms with Gasteiger partial charge in [0.25, 0.3) is 0 Å². The second kappa shape index (κ2) is 3.02. The number of fused-ring (bicyclic) bond motifs is 1. The molecule has 0 spiro atoms. The minimum Gasteiger partial charge on any atom is -0.298 e. The summed E-state index contributed by atoms with van der Waals surface area (Å²) in [4.78, 5) is 2.71. The lowest BCUT2D eigenvalue weighted by molar-refractivity contribution is 0.149. The van der Waals surface area contributed by atoms with Gasteiger partial charge in [-0.05, 0) is 38.3 Å². The van der Waals surface area contributed by atoms with Crippen molar-refractivity contribution in [1.29, 1.82) is 0 Å². The molecule has 1 nitrogen and oxygen atoms in total. The van der Waals surface area contributed by atoms with Crippen LogP contribution >= 0.6 is 0 Å². The summed E-state index contributed by atoms with van der Waals surface area (Å²) in [6.45, 7) is 7.13. The van der Waals surface area contributed by atoms with Crippen molar-refractivity contribution < 1.29 is 0 Å². The van der Waals surface area contributed by atoms with Gasteiger partial charge in [-0.15, -0.1) is 0 Å². The first-order chi connectivity index (χ1) is 5.83. The maximum absolute atomic E-state index is 2.71. The third kappa shape index (κ3) is 1.10. The van der Waals surface area contributed by atoms with Crippen LogP contribution in [-0.2, 0) is 0 Å². The van der Waals surface area contributed by atoms with E-state index in [4.69, 9.17) is 0 Å². The summed E-state index contributed by atoms with van der Waals surface area (Å²) in [5.41, 5.74) is 0.696. The maximum atomic E-state index is 2.71. The Hall–Kier alpha value is -0.0400. The van der Waals surface area contributed by atoms with Crippen LogP contribution in [0.1, 0.15) is 46.0 Å². The maximum Gasteiger partial charge on any atom is 0.0241 e. The van der Waals surface area contributed by atoms with Gasteiger partial charge in [-0.2, -0.15) is 0 Å².